The Balaban J connectivity index is 2.36. The number of benzene rings is 1. The van der Waals surface area contributed by atoms with Gasteiger partial charge in [-0.3, -0.25) is 0 Å². The van der Waals surface area contributed by atoms with Crippen LogP contribution in [0.25, 0.3) is 5.69 Å². The lowest BCUT2D eigenvalue weighted by molar-refractivity contribution is 0.716. The van der Waals surface area contributed by atoms with Gasteiger partial charge in [0.25, 0.3) is 0 Å². The summed E-state index contributed by atoms with van der Waals surface area (Å²) in [7, 11) is 0. The fourth-order valence-corrected chi connectivity index (χ4v) is 2.21. The minimum Gasteiger partial charge on any atom is -0.313 e. The topological polar surface area (TPSA) is 29.9 Å². The summed E-state index contributed by atoms with van der Waals surface area (Å²) >= 11 is 6.03. The van der Waals surface area contributed by atoms with E-state index in [1.807, 2.05) is 35.1 Å². The Morgan fingerprint density at radius 2 is 2.17 bits per heavy atom. The lowest BCUT2D eigenvalue weighted by Gasteiger charge is -2.08. The number of halogens is 1. The van der Waals surface area contributed by atoms with Crippen molar-refractivity contribution >= 4 is 11.6 Å². The standard InChI is InChI=1S/C14H18ClN3/c1-3-14-11(9-16-4-2)10-17-18(14)13-7-5-6-12(15)8-13/h5-8,10,16H,3-4,9H2,1-2H3. The first-order valence-corrected chi connectivity index (χ1v) is 6.66. The SMILES string of the molecule is CCNCc1cnn(-c2cccc(Cl)c2)c1CC. The highest BCUT2D eigenvalue weighted by Gasteiger charge is 2.10. The zero-order valence-electron chi connectivity index (χ0n) is 10.8. The zero-order chi connectivity index (χ0) is 13.0. The van der Waals surface area contributed by atoms with Gasteiger partial charge >= 0.3 is 0 Å². The third kappa shape index (κ3) is 2.74. The van der Waals surface area contributed by atoms with E-state index >= 15 is 0 Å². The highest BCUT2D eigenvalue weighted by molar-refractivity contribution is 6.30. The van der Waals surface area contributed by atoms with Crippen molar-refractivity contribution in [2.45, 2.75) is 26.8 Å². The van der Waals surface area contributed by atoms with Crippen LogP contribution >= 0.6 is 11.6 Å². The summed E-state index contributed by atoms with van der Waals surface area (Å²) in [6.45, 7) is 6.08. The molecule has 0 amide bonds. The molecule has 1 N–H and O–H groups in total. The van der Waals surface area contributed by atoms with Gasteiger partial charge in [-0.25, -0.2) is 4.68 Å². The van der Waals surface area contributed by atoms with Gasteiger partial charge < -0.3 is 5.32 Å². The van der Waals surface area contributed by atoms with E-state index in [0.29, 0.717) is 0 Å². The molecule has 0 saturated heterocycles. The van der Waals surface area contributed by atoms with E-state index in [4.69, 9.17) is 11.6 Å². The minimum atomic E-state index is 0.735. The molecule has 96 valence electrons. The molecular weight excluding hydrogens is 246 g/mol. The van der Waals surface area contributed by atoms with Gasteiger partial charge in [-0.15, -0.1) is 0 Å². The van der Waals surface area contributed by atoms with Crippen LogP contribution in [0.15, 0.2) is 30.5 Å². The van der Waals surface area contributed by atoms with Crippen molar-refractivity contribution in [2.75, 3.05) is 6.54 Å². The summed E-state index contributed by atoms with van der Waals surface area (Å²) in [5.41, 5.74) is 3.50. The molecule has 3 nitrogen and oxygen atoms in total. The van der Waals surface area contributed by atoms with E-state index in [0.717, 1.165) is 30.2 Å². The second kappa shape index (κ2) is 6.03. The first-order chi connectivity index (χ1) is 8.76. The molecule has 0 unspecified atom stereocenters. The highest BCUT2D eigenvalue weighted by Crippen LogP contribution is 2.18. The Bertz CT molecular complexity index is 520. The Kier molecular flexibility index (Phi) is 4.39. The van der Waals surface area contributed by atoms with Gasteiger partial charge in [-0.05, 0) is 31.2 Å². The highest BCUT2D eigenvalue weighted by atomic mass is 35.5. The quantitative estimate of drug-likeness (QED) is 0.898. The fourth-order valence-electron chi connectivity index (χ4n) is 2.02. The van der Waals surface area contributed by atoms with E-state index < -0.39 is 0 Å². The van der Waals surface area contributed by atoms with Crippen molar-refractivity contribution in [3.05, 3.63) is 46.7 Å². The molecular formula is C14H18ClN3. The molecule has 1 aromatic heterocycles. The van der Waals surface area contributed by atoms with Gasteiger partial charge in [-0.1, -0.05) is 31.5 Å². The molecule has 4 heteroatoms. The van der Waals surface area contributed by atoms with Crippen LogP contribution in [0, 0.1) is 0 Å². The van der Waals surface area contributed by atoms with Gasteiger partial charge in [0, 0.05) is 22.8 Å². The predicted molar refractivity (Wildman–Crippen MR) is 75.3 cm³/mol. The maximum atomic E-state index is 6.03. The van der Waals surface area contributed by atoms with Crippen LogP contribution < -0.4 is 5.32 Å². The molecule has 0 aliphatic heterocycles. The van der Waals surface area contributed by atoms with Gasteiger partial charge in [0.15, 0.2) is 0 Å². The summed E-state index contributed by atoms with van der Waals surface area (Å²) in [5.74, 6) is 0. The third-order valence-corrected chi connectivity index (χ3v) is 3.14. The molecule has 0 radical (unpaired) electrons. The summed E-state index contributed by atoms with van der Waals surface area (Å²) < 4.78 is 1.97. The molecule has 1 aromatic carbocycles. The second-order valence-corrected chi connectivity index (χ2v) is 4.58. The number of nitrogens with zero attached hydrogens (tertiary/aromatic N) is 2. The van der Waals surface area contributed by atoms with Gasteiger partial charge in [0.1, 0.15) is 0 Å². The number of hydrogen-bond donors (Lipinski definition) is 1. The number of nitrogens with one attached hydrogen (secondary N) is 1. The average molecular weight is 264 g/mol. The van der Waals surface area contributed by atoms with E-state index in [-0.39, 0.29) is 0 Å². The molecule has 0 aliphatic carbocycles. The van der Waals surface area contributed by atoms with Crippen molar-refractivity contribution in [3.63, 3.8) is 0 Å². The summed E-state index contributed by atoms with van der Waals surface area (Å²) in [4.78, 5) is 0. The minimum absolute atomic E-state index is 0.735. The molecule has 2 rings (SSSR count). The fraction of sp³-hybridized carbons (Fsp3) is 0.357. The van der Waals surface area contributed by atoms with Crippen molar-refractivity contribution in [2.24, 2.45) is 0 Å². The van der Waals surface area contributed by atoms with Crippen LogP contribution in [-0.2, 0) is 13.0 Å². The smallest absolute Gasteiger partial charge is 0.0663 e. The average Bonchev–Trinajstić information content (AvgIpc) is 2.79. The van der Waals surface area contributed by atoms with E-state index in [2.05, 4.69) is 24.3 Å². The Morgan fingerprint density at radius 1 is 1.33 bits per heavy atom. The van der Waals surface area contributed by atoms with Gasteiger partial charge in [0.2, 0.25) is 0 Å². The van der Waals surface area contributed by atoms with E-state index in [1.54, 1.807) is 0 Å². The van der Waals surface area contributed by atoms with Gasteiger partial charge in [0.05, 0.1) is 11.9 Å². The zero-order valence-corrected chi connectivity index (χ0v) is 11.5. The van der Waals surface area contributed by atoms with Crippen molar-refractivity contribution in [3.8, 4) is 5.69 Å². The van der Waals surface area contributed by atoms with E-state index in [1.165, 1.54) is 11.3 Å². The lowest BCUT2D eigenvalue weighted by atomic mass is 10.2. The van der Waals surface area contributed by atoms with Crippen molar-refractivity contribution < 1.29 is 0 Å². The summed E-state index contributed by atoms with van der Waals surface area (Å²) in [6, 6.07) is 7.78. The first-order valence-electron chi connectivity index (χ1n) is 6.28. The van der Waals surface area contributed by atoms with Gasteiger partial charge in [-0.2, -0.15) is 5.10 Å². The summed E-state index contributed by atoms with van der Waals surface area (Å²) in [5, 5.41) is 8.54. The molecule has 0 saturated carbocycles. The molecule has 0 atom stereocenters. The van der Waals surface area contributed by atoms with Crippen LogP contribution in [0.3, 0.4) is 0 Å². The summed E-state index contributed by atoms with van der Waals surface area (Å²) in [6.07, 6.45) is 2.88. The molecule has 0 fully saturated rings. The van der Waals surface area contributed by atoms with Crippen molar-refractivity contribution in [1.82, 2.24) is 15.1 Å². The normalized spacial score (nSPS) is 10.8. The van der Waals surface area contributed by atoms with Crippen LogP contribution in [0.1, 0.15) is 25.1 Å². The molecule has 18 heavy (non-hydrogen) atoms. The van der Waals surface area contributed by atoms with Crippen LogP contribution in [0.5, 0.6) is 0 Å². The molecule has 0 bridgehead atoms. The Hall–Kier alpha value is -1.32. The number of hydrogen-bond acceptors (Lipinski definition) is 2. The number of aromatic nitrogens is 2. The maximum Gasteiger partial charge on any atom is 0.0663 e. The molecule has 0 aliphatic rings. The largest absolute Gasteiger partial charge is 0.313 e. The van der Waals surface area contributed by atoms with E-state index in [9.17, 15) is 0 Å². The Morgan fingerprint density at radius 3 is 2.83 bits per heavy atom. The molecule has 1 heterocycles. The monoisotopic (exact) mass is 263 g/mol. The second-order valence-electron chi connectivity index (χ2n) is 4.14. The maximum absolute atomic E-state index is 6.03. The third-order valence-electron chi connectivity index (χ3n) is 2.91. The first kappa shape index (κ1) is 13.1. The predicted octanol–water partition coefficient (Wildman–Crippen LogP) is 3.20. The van der Waals surface area contributed by atoms with Crippen LogP contribution in [0.2, 0.25) is 5.02 Å². The lowest BCUT2D eigenvalue weighted by Crippen LogP contribution is -2.13. The van der Waals surface area contributed by atoms with Crippen LogP contribution in [0.4, 0.5) is 0 Å². The van der Waals surface area contributed by atoms with Crippen LogP contribution in [-0.4, -0.2) is 16.3 Å². The van der Waals surface area contributed by atoms with Crippen molar-refractivity contribution in [1.29, 1.82) is 0 Å². The Labute approximate surface area is 113 Å². The molecule has 2 aromatic rings. The number of rotatable bonds is 5. The molecule has 0 spiro atoms.